The van der Waals surface area contributed by atoms with Crippen LogP contribution in [0.1, 0.15) is 21.6 Å². The van der Waals surface area contributed by atoms with E-state index in [4.69, 9.17) is 0 Å². The molecule has 1 fully saturated rings. The summed E-state index contributed by atoms with van der Waals surface area (Å²) in [5.74, 6) is 0.0453. The zero-order valence-corrected chi connectivity index (χ0v) is 16.3. The lowest BCUT2D eigenvalue weighted by Crippen LogP contribution is -2.48. The summed E-state index contributed by atoms with van der Waals surface area (Å²) in [6.45, 7) is 6.31. The van der Waals surface area contributed by atoms with Crippen molar-refractivity contribution >= 4 is 17.2 Å². The molecule has 4 nitrogen and oxygen atoms in total. The highest BCUT2D eigenvalue weighted by atomic mass is 32.1. The van der Waals surface area contributed by atoms with Crippen molar-refractivity contribution in [1.29, 1.82) is 0 Å². The maximum Gasteiger partial charge on any atom is 0.273 e. The topological polar surface area (TPSA) is 36.4 Å². The molecule has 5 heteroatoms. The third-order valence-corrected chi connectivity index (χ3v) is 5.82. The van der Waals surface area contributed by atoms with Gasteiger partial charge in [-0.2, -0.15) is 0 Å². The second-order valence-electron chi connectivity index (χ2n) is 6.96. The minimum absolute atomic E-state index is 0.0453. The van der Waals surface area contributed by atoms with Crippen LogP contribution in [0.15, 0.2) is 60.0 Å². The highest BCUT2D eigenvalue weighted by molar-refractivity contribution is 7.13. The van der Waals surface area contributed by atoms with Crippen molar-refractivity contribution in [1.82, 2.24) is 14.8 Å². The van der Waals surface area contributed by atoms with Crippen molar-refractivity contribution in [3.05, 3.63) is 76.8 Å². The van der Waals surface area contributed by atoms with Crippen LogP contribution in [0, 0.1) is 6.92 Å². The number of benzene rings is 2. The minimum Gasteiger partial charge on any atom is -0.335 e. The van der Waals surface area contributed by atoms with E-state index >= 15 is 0 Å². The summed E-state index contributed by atoms with van der Waals surface area (Å²) in [7, 11) is 0. The maximum atomic E-state index is 12.8. The Kier molecular flexibility index (Phi) is 5.32. The van der Waals surface area contributed by atoms with E-state index in [1.807, 2.05) is 16.3 Å². The molecule has 0 radical (unpaired) electrons. The summed E-state index contributed by atoms with van der Waals surface area (Å²) in [6.07, 6.45) is 0. The van der Waals surface area contributed by atoms with Crippen LogP contribution in [0.3, 0.4) is 0 Å². The first-order valence-corrected chi connectivity index (χ1v) is 10.1. The van der Waals surface area contributed by atoms with Crippen LogP contribution in [-0.4, -0.2) is 46.9 Å². The number of piperazine rings is 1. The van der Waals surface area contributed by atoms with Gasteiger partial charge < -0.3 is 4.90 Å². The normalized spacial score (nSPS) is 15.1. The molecule has 0 unspecified atom stereocenters. The van der Waals surface area contributed by atoms with Crippen molar-refractivity contribution in [2.24, 2.45) is 0 Å². The Hall–Kier alpha value is -2.50. The van der Waals surface area contributed by atoms with Crippen molar-refractivity contribution in [3.63, 3.8) is 0 Å². The molecule has 0 spiro atoms. The summed E-state index contributed by atoms with van der Waals surface area (Å²) in [6, 6.07) is 18.8. The van der Waals surface area contributed by atoms with Crippen molar-refractivity contribution in [3.8, 4) is 10.6 Å². The average Bonchev–Trinajstić information content (AvgIpc) is 3.20. The molecule has 4 rings (SSSR count). The third-order valence-electron chi connectivity index (χ3n) is 4.93. The van der Waals surface area contributed by atoms with Crippen LogP contribution in [-0.2, 0) is 6.54 Å². The Bertz CT molecular complexity index is 897. The Morgan fingerprint density at radius 2 is 1.70 bits per heavy atom. The first kappa shape index (κ1) is 17.9. The van der Waals surface area contributed by atoms with E-state index in [1.165, 1.54) is 22.5 Å². The fourth-order valence-corrected chi connectivity index (χ4v) is 4.11. The van der Waals surface area contributed by atoms with E-state index in [1.54, 1.807) is 0 Å². The smallest absolute Gasteiger partial charge is 0.273 e. The largest absolute Gasteiger partial charge is 0.335 e. The molecule has 0 aliphatic carbocycles. The number of amides is 1. The van der Waals surface area contributed by atoms with Crippen molar-refractivity contribution in [2.75, 3.05) is 26.2 Å². The molecule has 0 N–H and O–H groups in total. The molecular formula is C22H23N3OS. The number of hydrogen-bond donors (Lipinski definition) is 0. The van der Waals surface area contributed by atoms with E-state index < -0.39 is 0 Å². The van der Waals surface area contributed by atoms with Crippen LogP contribution >= 0.6 is 11.3 Å². The Labute approximate surface area is 164 Å². The zero-order valence-electron chi connectivity index (χ0n) is 15.5. The number of aryl methyl sites for hydroxylation is 1. The van der Waals surface area contributed by atoms with Gasteiger partial charge in [0, 0.05) is 43.7 Å². The summed E-state index contributed by atoms with van der Waals surface area (Å²) in [4.78, 5) is 21.7. The number of carbonyl (C=O) groups excluding carboxylic acids is 1. The highest BCUT2D eigenvalue weighted by Crippen LogP contribution is 2.25. The monoisotopic (exact) mass is 377 g/mol. The standard InChI is InChI=1S/C22H23N3OS/c1-17-7-9-19(10-8-17)21-23-20(16-27-21)22(26)25-13-11-24(12-14-25)15-18-5-3-2-4-6-18/h2-10,16H,11-15H2,1H3. The van der Waals surface area contributed by atoms with E-state index in [9.17, 15) is 4.79 Å². The van der Waals surface area contributed by atoms with Gasteiger partial charge in [0.05, 0.1) is 0 Å². The molecule has 1 aromatic heterocycles. The Morgan fingerprint density at radius 1 is 1.00 bits per heavy atom. The average molecular weight is 378 g/mol. The highest BCUT2D eigenvalue weighted by Gasteiger charge is 2.24. The van der Waals surface area contributed by atoms with Gasteiger partial charge in [0.25, 0.3) is 5.91 Å². The minimum atomic E-state index is 0.0453. The van der Waals surface area contributed by atoms with Gasteiger partial charge >= 0.3 is 0 Å². The molecule has 1 amide bonds. The summed E-state index contributed by atoms with van der Waals surface area (Å²) < 4.78 is 0. The van der Waals surface area contributed by atoms with Gasteiger partial charge in [-0.3, -0.25) is 9.69 Å². The quantitative estimate of drug-likeness (QED) is 0.687. The number of rotatable bonds is 4. The molecule has 1 aliphatic rings. The molecule has 1 aliphatic heterocycles. The van der Waals surface area contributed by atoms with Gasteiger partial charge in [-0.25, -0.2) is 4.98 Å². The van der Waals surface area contributed by atoms with Crippen LogP contribution < -0.4 is 0 Å². The van der Waals surface area contributed by atoms with Gasteiger partial charge in [-0.1, -0.05) is 60.2 Å². The summed E-state index contributed by atoms with van der Waals surface area (Å²) in [5.41, 5.74) is 4.17. The second-order valence-corrected chi connectivity index (χ2v) is 7.82. The first-order chi connectivity index (χ1) is 13.2. The lowest BCUT2D eigenvalue weighted by atomic mass is 10.2. The molecule has 138 valence electrons. The molecule has 1 saturated heterocycles. The van der Waals surface area contributed by atoms with Gasteiger partial charge in [-0.15, -0.1) is 11.3 Å². The lowest BCUT2D eigenvalue weighted by Gasteiger charge is -2.34. The van der Waals surface area contributed by atoms with Crippen molar-refractivity contribution in [2.45, 2.75) is 13.5 Å². The van der Waals surface area contributed by atoms with E-state index in [0.29, 0.717) is 5.69 Å². The van der Waals surface area contributed by atoms with E-state index in [0.717, 1.165) is 43.3 Å². The zero-order chi connectivity index (χ0) is 18.6. The molecule has 2 heterocycles. The number of aromatic nitrogens is 1. The van der Waals surface area contributed by atoms with Crippen LogP contribution in [0.25, 0.3) is 10.6 Å². The number of carbonyl (C=O) groups is 1. The SMILES string of the molecule is Cc1ccc(-c2nc(C(=O)N3CCN(Cc4ccccc4)CC3)cs2)cc1. The lowest BCUT2D eigenvalue weighted by molar-refractivity contribution is 0.0623. The van der Waals surface area contributed by atoms with Gasteiger partial charge in [0.15, 0.2) is 0 Å². The van der Waals surface area contributed by atoms with E-state index in [2.05, 4.69) is 65.3 Å². The first-order valence-electron chi connectivity index (χ1n) is 9.27. The number of thiazole rings is 1. The molecule has 0 atom stereocenters. The summed E-state index contributed by atoms with van der Waals surface area (Å²) >= 11 is 1.53. The van der Waals surface area contributed by atoms with Crippen molar-refractivity contribution < 1.29 is 4.79 Å². The molecule has 2 aromatic carbocycles. The fraction of sp³-hybridized carbons (Fsp3) is 0.273. The third kappa shape index (κ3) is 4.26. The maximum absolute atomic E-state index is 12.8. The van der Waals surface area contributed by atoms with Crippen LogP contribution in [0.4, 0.5) is 0 Å². The van der Waals surface area contributed by atoms with E-state index in [-0.39, 0.29) is 5.91 Å². The molecular weight excluding hydrogens is 354 g/mol. The fourth-order valence-electron chi connectivity index (χ4n) is 3.31. The van der Waals surface area contributed by atoms with Gasteiger partial charge in [0.2, 0.25) is 0 Å². The molecule has 3 aromatic rings. The molecule has 27 heavy (non-hydrogen) atoms. The van der Waals surface area contributed by atoms with Gasteiger partial charge in [0.1, 0.15) is 10.7 Å². The molecule has 0 saturated carbocycles. The van der Waals surface area contributed by atoms with Gasteiger partial charge in [-0.05, 0) is 12.5 Å². The second kappa shape index (κ2) is 8.03. The molecule has 0 bridgehead atoms. The number of hydrogen-bond acceptors (Lipinski definition) is 4. The van der Waals surface area contributed by atoms with Crippen LogP contribution in [0.5, 0.6) is 0 Å². The Morgan fingerprint density at radius 3 is 2.41 bits per heavy atom. The Balaban J connectivity index is 1.36. The predicted octanol–water partition coefficient (Wildman–Crippen LogP) is 4.08. The summed E-state index contributed by atoms with van der Waals surface area (Å²) in [5, 5.41) is 2.79. The van der Waals surface area contributed by atoms with Crippen LogP contribution in [0.2, 0.25) is 0 Å². The predicted molar refractivity (Wildman–Crippen MR) is 110 cm³/mol. The number of nitrogens with zero attached hydrogens (tertiary/aromatic N) is 3.